The van der Waals surface area contributed by atoms with Gasteiger partial charge >= 0.3 is 0 Å². The summed E-state index contributed by atoms with van der Waals surface area (Å²) in [5.74, 6) is -1.54. The molecule has 0 bridgehead atoms. The summed E-state index contributed by atoms with van der Waals surface area (Å²) in [4.78, 5) is 0. The minimum atomic E-state index is -0.778. The Morgan fingerprint density at radius 2 is 2.00 bits per heavy atom. The summed E-state index contributed by atoms with van der Waals surface area (Å²) in [5, 5.41) is 3.36. The number of rotatable bonds is 4. The average Bonchev–Trinajstić information content (AvgIpc) is 2.98. The van der Waals surface area contributed by atoms with Gasteiger partial charge in [0.25, 0.3) is 0 Å². The van der Waals surface area contributed by atoms with E-state index in [1.807, 2.05) is 6.92 Å². The van der Waals surface area contributed by atoms with Crippen molar-refractivity contribution in [3.63, 3.8) is 0 Å². The minimum Gasteiger partial charge on any atom is -0.310 e. The Kier molecular flexibility index (Phi) is 2.98. The summed E-state index contributed by atoms with van der Waals surface area (Å²) in [7, 11) is 0. The van der Waals surface area contributed by atoms with Crippen LogP contribution in [-0.4, -0.2) is 6.54 Å². The van der Waals surface area contributed by atoms with Crippen molar-refractivity contribution in [3.8, 4) is 0 Å². The predicted molar refractivity (Wildman–Crippen MR) is 60.1 cm³/mol. The highest BCUT2D eigenvalue weighted by Crippen LogP contribution is 2.54. The van der Waals surface area contributed by atoms with Crippen LogP contribution in [0, 0.1) is 17.0 Å². The van der Waals surface area contributed by atoms with Gasteiger partial charge in [0.15, 0.2) is 11.6 Å². The van der Waals surface area contributed by atoms with E-state index in [1.54, 1.807) is 6.07 Å². The van der Waals surface area contributed by atoms with E-state index in [1.165, 1.54) is 12.1 Å². The Morgan fingerprint density at radius 3 is 2.50 bits per heavy atom. The summed E-state index contributed by atoms with van der Waals surface area (Å²) < 4.78 is 26.1. The van der Waals surface area contributed by atoms with Crippen LogP contribution in [0.25, 0.3) is 0 Å². The van der Waals surface area contributed by atoms with Crippen molar-refractivity contribution in [2.75, 3.05) is 6.54 Å². The molecule has 3 heteroatoms. The zero-order valence-electron chi connectivity index (χ0n) is 9.69. The Labute approximate surface area is 94.9 Å². The molecule has 1 fully saturated rings. The van der Waals surface area contributed by atoms with Crippen LogP contribution in [0.4, 0.5) is 8.78 Å². The molecule has 1 N–H and O–H groups in total. The van der Waals surface area contributed by atoms with Crippen molar-refractivity contribution in [1.82, 2.24) is 5.32 Å². The molecule has 0 aliphatic heterocycles. The number of hydrogen-bond donors (Lipinski definition) is 1. The highest BCUT2D eigenvalue weighted by molar-refractivity contribution is 5.25. The van der Waals surface area contributed by atoms with E-state index in [4.69, 9.17) is 0 Å². The van der Waals surface area contributed by atoms with Crippen LogP contribution in [0.2, 0.25) is 0 Å². The fraction of sp³-hybridized carbons (Fsp3) is 0.538. The van der Waals surface area contributed by atoms with E-state index in [9.17, 15) is 8.78 Å². The molecule has 1 saturated carbocycles. The molecule has 2 rings (SSSR count). The summed E-state index contributed by atoms with van der Waals surface area (Å²) >= 11 is 0. The van der Waals surface area contributed by atoms with Gasteiger partial charge in [-0.2, -0.15) is 0 Å². The molecule has 88 valence electrons. The predicted octanol–water partition coefficient (Wildman–Crippen LogP) is 3.42. The van der Waals surface area contributed by atoms with E-state index in [0.717, 1.165) is 24.9 Å². The minimum absolute atomic E-state index is 0.132. The van der Waals surface area contributed by atoms with Crippen molar-refractivity contribution in [1.29, 1.82) is 0 Å². The van der Waals surface area contributed by atoms with Crippen LogP contribution in [0.15, 0.2) is 18.2 Å². The number of nitrogens with one attached hydrogen (secondary N) is 1. The lowest BCUT2D eigenvalue weighted by molar-refractivity contribution is 0.370. The first-order chi connectivity index (χ1) is 7.57. The molecule has 0 radical (unpaired) electrons. The van der Waals surface area contributed by atoms with Crippen molar-refractivity contribution in [3.05, 3.63) is 35.4 Å². The lowest BCUT2D eigenvalue weighted by Crippen LogP contribution is -2.28. The van der Waals surface area contributed by atoms with Crippen LogP contribution in [0.1, 0.15) is 38.3 Å². The smallest absolute Gasteiger partial charge is 0.159 e. The van der Waals surface area contributed by atoms with Crippen molar-refractivity contribution < 1.29 is 8.78 Å². The molecule has 1 nitrogen and oxygen atoms in total. The molecule has 0 spiro atoms. The van der Waals surface area contributed by atoms with E-state index in [2.05, 4.69) is 12.2 Å². The normalized spacial score (nSPS) is 19.5. The molecular weight excluding hydrogens is 208 g/mol. The van der Waals surface area contributed by atoms with Crippen LogP contribution in [0.3, 0.4) is 0 Å². The topological polar surface area (TPSA) is 12.0 Å². The third kappa shape index (κ3) is 2.09. The van der Waals surface area contributed by atoms with Gasteiger partial charge in [-0.1, -0.05) is 19.9 Å². The van der Waals surface area contributed by atoms with Gasteiger partial charge in [0.2, 0.25) is 0 Å². The standard InChI is InChI=1S/C13H17F2N/c1-3-16-12(13(2)6-7-13)9-4-5-10(14)11(15)8-9/h4-5,8,12,16H,3,6-7H2,1-2H3. The molecular formula is C13H17F2N. The summed E-state index contributed by atoms with van der Waals surface area (Å²) in [6, 6.07) is 4.33. The summed E-state index contributed by atoms with van der Waals surface area (Å²) in [6.07, 6.45) is 2.29. The Bertz CT molecular complexity index is 386. The van der Waals surface area contributed by atoms with Crippen LogP contribution >= 0.6 is 0 Å². The van der Waals surface area contributed by atoms with Gasteiger partial charge < -0.3 is 5.32 Å². The SMILES string of the molecule is CCNC(c1ccc(F)c(F)c1)C1(C)CC1. The molecule has 1 aliphatic rings. The lowest BCUT2D eigenvalue weighted by atomic mass is 9.91. The molecule has 16 heavy (non-hydrogen) atoms. The Hall–Kier alpha value is -0.960. The highest BCUT2D eigenvalue weighted by Gasteiger charge is 2.45. The number of hydrogen-bond acceptors (Lipinski definition) is 1. The van der Waals surface area contributed by atoms with Crippen molar-refractivity contribution in [2.24, 2.45) is 5.41 Å². The molecule has 0 aromatic heterocycles. The van der Waals surface area contributed by atoms with Gasteiger partial charge in [-0.05, 0) is 42.5 Å². The molecule has 1 unspecified atom stereocenters. The first-order valence-electron chi connectivity index (χ1n) is 5.75. The van der Waals surface area contributed by atoms with E-state index in [-0.39, 0.29) is 11.5 Å². The molecule has 1 aromatic rings. The van der Waals surface area contributed by atoms with Crippen molar-refractivity contribution >= 4 is 0 Å². The fourth-order valence-corrected chi connectivity index (χ4v) is 2.15. The Morgan fingerprint density at radius 1 is 1.31 bits per heavy atom. The molecule has 0 saturated heterocycles. The second kappa shape index (κ2) is 4.13. The molecule has 0 amide bonds. The maximum Gasteiger partial charge on any atom is 0.159 e. The fourth-order valence-electron chi connectivity index (χ4n) is 2.15. The van der Waals surface area contributed by atoms with Gasteiger partial charge in [0.05, 0.1) is 0 Å². The number of benzene rings is 1. The third-order valence-electron chi connectivity index (χ3n) is 3.42. The van der Waals surface area contributed by atoms with Gasteiger partial charge in [-0.25, -0.2) is 8.78 Å². The van der Waals surface area contributed by atoms with Crippen LogP contribution < -0.4 is 5.32 Å². The zero-order valence-corrected chi connectivity index (χ0v) is 9.69. The number of halogens is 2. The molecule has 0 heterocycles. The quantitative estimate of drug-likeness (QED) is 0.828. The van der Waals surface area contributed by atoms with Crippen LogP contribution in [-0.2, 0) is 0 Å². The maximum absolute atomic E-state index is 13.2. The largest absolute Gasteiger partial charge is 0.310 e. The lowest BCUT2D eigenvalue weighted by Gasteiger charge is -2.25. The summed E-state index contributed by atoms with van der Waals surface area (Å²) in [6.45, 7) is 5.04. The molecule has 1 atom stereocenters. The van der Waals surface area contributed by atoms with E-state index in [0.29, 0.717) is 0 Å². The van der Waals surface area contributed by atoms with Crippen molar-refractivity contribution in [2.45, 2.75) is 32.7 Å². The van der Waals surface area contributed by atoms with Gasteiger partial charge in [-0.15, -0.1) is 0 Å². The highest BCUT2D eigenvalue weighted by atomic mass is 19.2. The zero-order chi connectivity index (χ0) is 11.8. The first-order valence-corrected chi connectivity index (χ1v) is 5.75. The van der Waals surface area contributed by atoms with Crippen LogP contribution in [0.5, 0.6) is 0 Å². The average molecular weight is 225 g/mol. The maximum atomic E-state index is 13.2. The summed E-state index contributed by atoms with van der Waals surface area (Å²) in [5.41, 5.74) is 1.06. The second-order valence-electron chi connectivity index (χ2n) is 4.82. The van der Waals surface area contributed by atoms with E-state index >= 15 is 0 Å². The van der Waals surface area contributed by atoms with Gasteiger partial charge in [0, 0.05) is 6.04 Å². The second-order valence-corrected chi connectivity index (χ2v) is 4.82. The Balaban J connectivity index is 2.28. The monoisotopic (exact) mass is 225 g/mol. The molecule has 1 aromatic carbocycles. The molecule has 1 aliphatic carbocycles. The van der Waals surface area contributed by atoms with Gasteiger partial charge in [0.1, 0.15) is 0 Å². The first kappa shape index (κ1) is 11.5. The van der Waals surface area contributed by atoms with Gasteiger partial charge in [-0.3, -0.25) is 0 Å². The third-order valence-corrected chi connectivity index (χ3v) is 3.42. The van der Waals surface area contributed by atoms with E-state index < -0.39 is 11.6 Å².